The second-order valence-corrected chi connectivity index (χ2v) is 5.10. The van der Waals surface area contributed by atoms with E-state index in [2.05, 4.69) is 5.32 Å². The largest absolute Gasteiger partial charge is 0.355 e. The quantitative estimate of drug-likeness (QED) is 0.658. The molecule has 5 nitrogen and oxygen atoms in total. The van der Waals surface area contributed by atoms with Crippen LogP contribution in [0.4, 0.5) is 5.69 Å². The average molecular weight is 298 g/mol. The van der Waals surface area contributed by atoms with Crippen LogP contribution in [0.5, 0.6) is 0 Å². The molecule has 0 fully saturated rings. The van der Waals surface area contributed by atoms with E-state index >= 15 is 0 Å². The summed E-state index contributed by atoms with van der Waals surface area (Å²) in [6.07, 6.45) is 0.777. The third-order valence-corrected chi connectivity index (χ3v) is 3.55. The van der Waals surface area contributed by atoms with E-state index in [0.717, 1.165) is 12.0 Å². The van der Waals surface area contributed by atoms with Crippen molar-refractivity contribution < 1.29 is 9.72 Å². The Bertz CT molecular complexity index is 639. The van der Waals surface area contributed by atoms with Crippen LogP contribution in [0.3, 0.4) is 0 Å². The Morgan fingerprint density at radius 2 is 1.77 bits per heavy atom. The Morgan fingerprint density at radius 1 is 1.14 bits per heavy atom. The van der Waals surface area contributed by atoms with Gasteiger partial charge in [-0.25, -0.2) is 0 Å². The second-order valence-electron chi connectivity index (χ2n) is 5.10. The van der Waals surface area contributed by atoms with Gasteiger partial charge in [-0.15, -0.1) is 0 Å². The molecule has 22 heavy (non-hydrogen) atoms. The molecule has 0 aliphatic heterocycles. The number of amides is 1. The maximum Gasteiger partial charge on any atom is 0.269 e. The number of nitrogens with zero attached hydrogens (tertiary/aromatic N) is 1. The molecule has 1 atom stereocenters. The molecule has 5 heteroatoms. The number of benzene rings is 2. The van der Waals surface area contributed by atoms with Crippen LogP contribution in [0, 0.1) is 10.1 Å². The number of nitro groups is 1. The first kappa shape index (κ1) is 15.7. The van der Waals surface area contributed by atoms with E-state index in [4.69, 9.17) is 0 Å². The summed E-state index contributed by atoms with van der Waals surface area (Å²) in [5, 5.41) is 13.5. The summed E-state index contributed by atoms with van der Waals surface area (Å²) in [6.45, 7) is 2.36. The minimum absolute atomic E-state index is 0.0282. The van der Waals surface area contributed by atoms with Gasteiger partial charge in [0.15, 0.2) is 0 Å². The third-order valence-electron chi connectivity index (χ3n) is 3.55. The molecule has 0 aliphatic carbocycles. The van der Waals surface area contributed by atoms with Crippen LogP contribution in [0.25, 0.3) is 0 Å². The predicted molar refractivity (Wildman–Crippen MR) is 84.7 cm³/mol. The summed E-state index contributed by atoms with van der Waals surface area (Å²) in [7, 11) is 0. The van der Waals surface area contributed by atoms with Crippen molar-refractivity contribution in [1.29, 1.82) is 0 Å². The van der Waals surface area contributed by atoms with Crippen LogP contribution in [-0.4, -0.2) is 17.4 Å². The topological polar surface area (TPSA) is 72.2 Å². The molecule has 2 rings (SSSR count). The van der Waals surface area contributed by atoms with Gasteiger partial charge in [-0.2, -0.15) is 0 Å². The van der Waals surface area contributed by atoms with Gasteiger partial charge in [-0.3, -0.25) is 14.9 Å². The van der Waals surface area contributed by atoms with E-state index in [1.54, 1.807) is 19.1 Å². The highest BCUT2D eigenvalue weighted by molar-refractivity contribution is 5.83. The van der Waals surface area contributed by atoms with Gasteiger partial charge in [0.05, 0.1) is 10.8 Å². The SMILES string of the molecule is C[C@@H](C(=O)NCCc1ccccc1)c1ccc([N+](=O)[O-])cc1. The zero-order valence-corrected chi connectivity index (χ0v) is 12.4. The number of nitro benzene ring substituents is 1. The van der Waals surface area contributed by atoms with E-state index in [1.807, 2.05) is 30.3 Å². The Morgan fingerprint density at radius 3 is 2.36 bits per heavy atom. The molecule has 0 spiro atoms. The van der Waals surface area contributed by atoms with Crippen LogP contribution in [0.15, 0.2) is 54.6 Å². The smallest absolute Gasteiger partial charge is 0.269 e. The summed E-state index contributed by atoms with van der Waals surface area (Å²) in [4.78, 5) is 22.3. The number of hydrogen-bond acceptors (Lipinski definition) is 3. The lowest BCUT2D eigenvalue weighted by atomic mass is 10.00. The summed E-state index contributed by atoms with van der Waals surface area (Å²) in [6, 6.07) is 16.0. The zero-order valence-electron chi connectivity index (χ0n) is 12.4. The molecule has 2 aromatic carbocycles. The number of carbonyl (C=O) groups is 1. The van der Waals surface area contributed by atoms with Gasteiger partial charge in [0.25, 0.3) is 5.69 Å². The summed E-state index contributed by atoms with van der Waals surface area (Å²) in [5.41, 5.74) is 1.97. The number of hydrogen-bond donors (Lipinski definition) is 1. The molecule has 0 aromatic heterocycles. The van der Waals surface area contributed by atoms with E-state index in [-0.39, 0.29) is 17.5 Å². The van der Waals surface area contributed by atoms with E-state index in [0.29, 0.717) is 6.54 Å². The molecule has 0 bridgehead atoms. The van der Waals surface area contributed by atoms with Gasteiger partial charge in [0.1, 0.15) is 0 Å². The highest BCUT2D eigenvalue weighted by atomic mass is 16.6. The highest BCUT2D eigenvalue weighted by Gasteiger charge is 2.15. The summed E-state index contributed by atoms with van der Waals surface area (Å²) < 4.78 is 0. The molecular formula is C17H18N2O3. The van der Waals surface area contributed by atoms with Gasteiger partial charge < -0.3 is 5.32 Å². The van der Waals surface area contributed by atoms with Gasteiger partial charge in [0.2, 0.25) is 5.91 Å². The molecule has 0 unspecified atom stereocenters. The lowest BCUT2D eigenvalue weighted by molar-refractivity contribution is -0.384. The van der Waals surface area contributed by atoms with Crippen LogP contribution in [0.1, 0.15) is 24.0 Å². The van der Waals surface area contributed by atoms with Crippen molar-refractivity contribution in [2.45, 2.75) is 19.3 Å². The second kappa shape index (κ2) is 7.36. The van der Waals surface area contributed by atoms with Crippen LogP contribution >= 0.6 is 0 Å². The Labute approximate surface area is 129 Å². The lowest BCUT2D eigenvalue weighted by Crippen LogP contribution is -2.29. The molecule has 0 radical (unpaired) electrons. The maximum atomic E-state index is 12.1. The normalized spacial score (nSPS) is 11.7. The Kier molecular flexibility index (Phi) is 5.25. The minimum atomic E-state index is -0.450. The summed E-state index contributed by atoms with van der Waals surface area (Å²) in [5.74, 6) is -0.415. The highest BCUT2D eigenvalue weighted by Crippen LogP contribution is 2.19. The molecule has 1 N–H and O–H groups in total. The van der Waals surface area contributed by atoms with Crippen molar-refractivity contribution >= 4 is 11.6 Å². The molecule has 0 saturated heterocycles. The number of non-ortho nitro benzene ring substituents is 1. The van der Waals surface area contributed by atoms with Gasteiger partial charge in [0, 0.05) is 18.7 Å². The lowest BCUT2D eigenvalue weighted by Gasteiger charge is -2.12. The molecule has 114 valence electrons. The van der Waals surface area contributed by atoms with Crippen molar-refractivity contribution in [2.75, 3.05) is 6.54 Å². The van der Waals surface area contributed by atoms with Gasteiger partial charge >= 0.3 is 0 Å². The van der Waals surface area contributed by atoms with Crippen LogP contribution in [-0.2, 0) is 11.2 Å². The maximum absolute atomic E-state index is 12.1. The molecule has 1 amide bonds. The zero-order chi connectivity index (χ0) is 15.9. The Balaban J connectivity index is 1.87. The molecule has 0 heterocycles. The summed E-state index contributed by atoms with van der Waals surface area (Å²) >= 11 is 0. The standard InChI is InChI=1S/C17H18N2O3/c1-13(15-7-9-16(10-8-15)19(21)22)17(20)18-12-11-14-5-3-2-4-6-14/h2-10,13H,11-12H2,1H3,(H,18,20)/t13-/m1/s1. The Hall–Kier alpha value is -2.69. The van der Waals surface area contributed by atoms with E-state index in [9.17, 15) is 14.9 Å². The predicted octanol–water partition coefficient (Wildman–Crippen LogP) is 3.06. The van der Waals surface area contributed by atoms with Crippen molar-refractivity contribution in [3.8, 4) is 0 Å². The van der Waals surface area contributed by atoms with Crippen molar-refractivity contribution in [3.05, 3.63) is 75.8 Å². The molecule has 0 aliphatic rings. The number of rotatable bonds is 6. The van der Waals surface area contributed by atoms with Gasteiger partial charge in [-0.1, -0.05) is 42.5 Å². The minimum Gasteiger partial charge on any atom is -0.355 e. The van der Waals surface area contributed by atoms with Crippen molar-refractivity contribution in [1.82, 2.24) is 5.32 Å². The van der Waals surface area contributed by atoms with E-state index < -0.39 is 4.92 Å². The fraction of sp³-hybridized carbons (Fsp3) is 0.235. The first-order chi connectivity index (χ1) is 10.6. The molecule has 0 saturated carbocycles. The van der Waals surface area contributed by atoms with Crippen LogP contribution < -0.4 is 5.32 Å². The number of carbonyl (C=O) groups excluding carboxylic acids is 1. The fourth-order valence-corrected chi connectivity index (χ4v) is 2.16. The van der Waals surface area contributed by atoms with Gasteiger partial charge in [-0.05, 0) is 24.5 Å². The number of nitrogens with one attached hydrogen (secondary N) is 1. The monoisotopic (exact) mass is 298 g/mol. The third kappa shape index (κ3) is 4.15. The van der Waals surface area contributed by atoms with Crippen LogP contribution in [0.2, 0.25) is 0 Å². The van der Waals surface area contributed by atoms with Crippen molar-refractivity contribution in [2.24, 2.45) is 0 Å². The first-order valence-electron chi connectivity index (χ1n) is 7.14. The average Bonchev–Trinajstić information content (AvgIpc) is 2.55. The molecular weight excluding hydrogens is 280 g/mol. The van der Waals surface area contributed by atoms with E-state index in [1.165, 1.54) is 17.7 Å². The fourth-order valence-electron chi connectivity index (χ4n) is 2.16. The molecule has 2 aromatic rings. The van der Waals surface area contributed by atoms with Crippen molar-refractivity contribution in [3.63, 3.8) is 0 Å². The first-order valence-corrected chi connectivity index (χ1v) is 7.14.